The predicted octanol–water partition coefficient (Wildman–Crippen LogP) is 5.58. The maximum atomic E-state index is 12.4. The summed E-state index contributed by atoms with van der Waals surface area (Å²) in [6.45, 7) is 2.48. The molecule has 0 saturated heterocycles. The molecule has 3 rings (SSSR count). The highest BCUT2D eigenvalue weighted by atomic mass is 35.5. The Morgan fingerprint density at radius 2 is 1.96 bits per heavy atom. The number of hydrogen-bond acceptors (Lipinski definition) is 6. The van der Waals surface area contributed by atoms with Crippen molar-refractivity contribution in [2.45, 2.75) is 23.1 Å². The molecule has 5 nitrogen and oxygen atoms in total. The van der Waals surface area contributed by atoms with Gasteiger partial charge in [-0.2, -0.15) is 0 Å². The van der Waals surface area contributed by atoms with Crippen molar-refractivity contribution >= 4 is 63.0 Å². The highest BCUT2D eigenvalue weighted by Gasteiger charge is 2.18. The van der Waals surface area contributed by atoms with Crippen LogP contribution in [0.4, 0.5) is 10.8 Å². The summed E-state index contributed by atoms with van der Waals surface area (Å²) in [5.74, 6) is -0.168. The number of benzene rings is 2. The monoisotopic (exact) mass is 438 g/mol. The molecule has 1 aromatic heterocycles. The van der Waals surface area contributed by atoms with Crippen molar-refractivity contribution in [2.24, 2.45) is 0 Å². The van der Waals surface area contributed by atoms with Crippen molar-refractivity contribution in [1.29, 1.82) is 0 Å². The van der Waals surface area contributed by atoms with E-state index in [1.54, 1.807) is 18.2 Å². The second kappa shape index (κ2) is 9.41. The molecule has 0 aliphatic heterocycles. The Labute approximate surface area is 175 Å². The molecule has 0 aliphatic carbocycles. The highest BCUT2D eigenvalue weighted by Crippen LogP contribution is 2.31. The summed E-state index contributed by atoms with van der Waals surface area (Å²) in [5, 5.41) is 15.6. The topological polar surface area (TPSA) is 66.9 Å². The SMILES string of the molecule is CC(Sc1nnc(NCc2ccccc2)s1)C(=O)Nc1ccc(Cl)cc1Cl. The van der Waals surface area contributed by atoms with Crippen LogP contribution in [0.25, 0.3) is 0 Å². The summed E-state index contributed by atoms with van der Waals surface area (Å²) in [6, 6.07) is 15.0. The molecule has 3 aromatic rings. The number of halogens is 2. The van der Waals surface area contributed by atoms with Gasteiger partial charge in [0.2, 0.25) is 11.0 Å². The summed E-state index contributed by atoms with van der Waals surface area (Å²) >= 11 is 14.7. The molecule has 140 valence electrons. The van der Waals surface area contributed by atoms with Gasteiger partial charge in [-0.25, -0.2) is 0 Å². The van der Waals surface area contributed by atoms with Crippen molar-refractivity contribution in [2.75, 3.05) is 10.6 Å². The first-order valence-corrected chi connectivity index (χ1v) is 10.5. The van der Waals surface area contributed by atoms with E-state index in [4.69, 9.17) is 23.2 Å². The van der Waals surface area contributed by atoms with Gasteiger partial charge in [0.05, 0.1) is 16.0 Å². The van der Waals surface area contributed by atoms with E-state index in [0.29, 0.717) is 22.3 Å². The lowest BCUT2D eigenvalue weighted by molar-refractivity contribution is -0.115. The Balaban J connectivity index is 1.53. The molecule has 2 N–H and O–H groups in total. The molecule has 0 saturated carbocycles. The van der Waals surface area contributed by atoms with Crippen LogP contribution in [0.2, 0.25) is 10.0 Å². The number of anilines is 2. The van der Waals surface area contributed by atoms with Crippen LogP contribution in [0.3, 0.4) is 0 Å². The molecule has 1 unspecified atom stereocenters. The maximum Gasteiger partial charge on any atom is 0.237 e. The molecule has 0 aliphatic rings. The van der Waals surface area contributed by atoms with Crippen molar-refractivity contribution in [3.63, 3.8) is 0 Å². The Morgan fingerprint density at radius 3 is 2.70 bits per heavy atom. The Kier molecular flexibility index (Phi) is 6.95. The minimum absolute atomic E-state index is 0.168. The number of carbonyl (C=O) groups excluding carboxylic acids is 1. The van der Waals surface area contributed by atoms with Crippen molar-refractivity contribution in [1.82, 2.24) is 10.2 Å². The van der Waals surface area contributed by atoms with E-state index in [1.165, 1.54) is 23.1 Å². The Bertz CT molecular complexity index is 921. The Hall–Kier alpha value is -1.80. The fourth-order valence-electron chi connectivity index (χ4n) is 2.13. The molecule has 0 fully saturated rings. The zero-order chi connectivity index (χ0) is 19.2. The number of carbonyl (C=O) groups is 1. The first kappa shape index (κ1) is 19.9. The van der Waals surface area contributed by atoms with Gasteiger partial charge in [0.15, 0.2) is 4.34 Å². The molecule has 2 aromatic carbocycles. The average Bonchev–Trinajstić information content (AvgIpc) is 3.10. The largest absolute Gasteiger partial charge is 0.356 e. The third-order valence-corrected chi connectivity index (χ3v) is 6.14. The smallest absolute Gasteiger partial charge is 0.237 e. The summed E-state index contributed by atoms with van der Waals surface area (Å²) in [5.41, 5.74) is 1.69. The van der Waals surface area contributed by atoms with E-state index in [1.807, 2.05) is 37.3 Å². The van der Waals surface area contributed by atoms with E-state index in [2.05, 4.69) is 20.8 Å². The van der Waals surface area contributed by atoms with E-state index in [9.17, 15) is 4.79 Å². The van der Waals surface area contributed by atoms with E-state index in [-0.39, 0.29) is 11.2 Å². The third kappa shape index (κ3) is 5.84. The molecule has 1 atom stereocenters. The minimum atomic E-state index is -0.355. The van der Waals surface area contributed by atoms with Gasteiger partial charge in [0, 0.05) is 11.6 Å². The predicted molar refractivity (Wildman–Crippen MR) is 114 cm³/mol. The molecule has 1 amide bonds. The van der Waals surface area contributed by atoms with Crippen LogP contribution >= 0.6 is 46.3 Å². The molecule has 1 heterocycles. The lowest BCUT2D eigenvalue weighted by atomic mass is 10.2. The van der Waals surface area contributed by atoms with Gasteiger partial charge in [-0.1, -0.05) is 76.6 Å². The molecule has 9 heteroatoms. The number of aromatic nitrogens is 2. The van der Waals surface area contributed by atoms with Gasteiger partial charge < -0.3 is 10.6 Å². The van der Waals surface area contributed by atoms with E-state index in [0.717, 1.165) is 15.0 Å². The first-order chi connectivity index (χ1) is 13.0. The van der Waals surface area contributed by atoms with Crippen LogP contribution in [-0.4, -0.2) is 21.4 Å². The second-order valence-electron chi connectivity index (χ2n) is 5.59. The average molecular weight is 439 g/mol. The van der Waals surface area contributed by atoms with Crippen molar-refractivity contribution in [3.8, 4) is 0 Å². The van der Waals surface area contributed by atoms with Gasteiger partial charge in [-0.3, -0.25) is 4.79 Å². The molecular weight excluding hydrogens is 423 g/mol. The lowest BCUT2D eigenvalue weighted by Gasteiger charge is -2.11. The van der Waals surface area contributed by atoms with Gasteiger partial charge in [-0.05, 0) is 30.7 Å². The van der Waals surface area contributed by atoms with Crippen LogP contribution in [-0.2, 0) is 11.3 Å². The summed E-state index contributed by atoms with van der Waals surface area (Å²) in [4.78, 5) is 12.4. The maximum absolute atomic E-state index is 12.4. The summed E-state index contributed by atoms with van der Waals surface area (Å²) in [7, 11) is 0. The molecular formula is C18H16Cl2N4OS2. The quantitative estimate of drug-likeness (QED) is 0.471. The lowest BCUT2D eigenvalue weighted by Crippen LogP contribution is -2.22. The number of nitrogens with zero attached hydrogens (tertiary/aromatic N) is 2. The van der Waals surface area contributed by atoms with Crippen molar-refractivity contribution in [3.05, 3.63) is 64.1 Å². The molecule has 27 heavy (non-hydrogen) atoms. The molecule has 0 spiro atoms. The van der Waals surface area contributed by atoms with Gasteiger partial charge in [-0.15, -0.1) is 10.2 Å². The van der Waals surface area contributed by atoms with Crippen LogP contribution in [0.15, 0.2) is 52.9 Å². The normalized spacial score (nSPS) is 11.8. The van der Waals surface area contributed by atoms with Gasteiger partial charge >= 0.3 is 0 Å². The third-order valence-electron chi connectivity index (χ3n) is 3.53. The highest BCUT2D eigenvalue weighted by molar-refractivity contribution is 8.02. The van der Waals surface area contributed by atoms with Gasteiger partial charge in [0.1, 0.15) is 0 Å². The second-order valence-corrected chi connectivity index (χ2v) is 8.99. The number of rotatable bonds is 7. The zero-order valence-corrected chi connectivity index (χ0v) is 17.4. The standard InChI is InChI=1S/C18H16Cl2N4OS2/c1-11(16(25)22-15-8-7-13(19)9-14(15)20)26-18-24-23-17(27-18)21-10-12-5-3-2-4-6-12/h2-9,11H,10H2,1H3,(H,21,23)(H,22,25). The van der Waals surface area contributed by atoms with E-state index < -0.39 is 0 Å². The number of thioether (sulfide) groups is 1. The number of hydrogen-bond donors (Lipinski definition) is 2. The summed E-state index contributed by atoms with van der Waals surface area (Å²) in [6.07, 6.45) is 0. The first-order valence-electron chi connectivity index (χ1n) is 8.05. The van der Waals surface area contributed by atoms with Gasteiger partial charge in [0.25, 0.3) is 0 Å². The van der Waals surface area contributed by atoms with Crippen molar-refractivity contribution < 1.29 is 4.79 Å². The number of nitrogens with one attached hydrogen (secondary N) is 2. The summed E-state index contributed by atoms with van der Waals surface area (Å²) < 4.78 is 0.718. The van der Waals surface area contributed by atoms with Crippen LogP contribution in [0, 0.1) is 0 Å². The Morgan fingerprint density at radius 1 is 1.19 bits per heavy atom. The van der Waals surface area contributed by atoms with Crippen LogP contribution in [0.1, 0.15) is 12.5 Å². The fourth-order valence-corrected chi connectivity index (χ4v) is 4.48. The van der Waals surface area contributed by atoms with Crippen LogP contribution in [0.5, 0.6) is 0 Å². The zero-order valence-electron chi connectivity index (χ0n) is 14.3. The fraction of sp³-hybridized carbons (Fsp3) is 0.167. The van der Waals surface area contributed by atoms with Crippen LogP contribution < -0.4 is 10.6 Å². The molecule has 0 radical (unpaired) electrons. The molecule has 0 bridgehead atoms. The van der Waals surface area contributed by atoms with E-state index >= 15 is 0 Å². The number of amides is 1. The minimum Gasteiger partial charge on any atom is -0.356 e.